The summed E-state index contributed by atoms with van der Waals surface area (Å²) in [7, 11) is 5.69. The second kappa shape index (κ2) is 12.8. The minimum atomic E-state index is -2.90. The monoisotopic (exact) mass is 538 g/mol. The number of benzene rings is 2. The highest BCUT2D eigenvalue weighted by Gasteiger charge is 2.11. The van der Waals surface area contributed by atoms with Crippen LogP contribution in [0.3, 0.4) is 0 Å². The topological polar surface area (TPSA) is 48.9 Å². The molecule has 0 saturated heterocycles. The van der Waals surface area contributed by atoms with Crippen LogP contribution in [0.15, 0.2) is 47.5 Å². The fraction of sp³-hybridized carbons (Fsp3) is 0.350. The summed E-state index contributed by atoms with van der Waals surface area (Å²) in [6.07, 6.45) is 0. The van der Waals surface area contributed by atoms with Gasteiger partial charge in [-0.1, -0.05) is 35.9 Å². The Morgan fingerprint density at radius 3 is 2.28 bits per heavy atom. The van der Waals surface area contributed by atoms with Crippen LogP contribution in [0.5, 0.6) is 5.75 Å². The first-order valence-corrected chi connectivity index (χ1v) is 9.16. The Labute approximate surface area is 192 Å². The van der Waals surface area contributed by atoms with Gasteiger partial charge in [-0.15, -0.1) is 24.0 Å². The van der Waals surface area contributed by atoms with Crippen LogP contribution in [0, 0.1) is 0 Å². The third-order valence-corrected chi connectivity index (χ3v) is 4.19. The van der Waals surface area contributed by atoms with Gasteiger partial charge in [0.25, 0.3) is 0 Å². The van der Waals surface area contributed by atoms with Crippen LogP contribution < -0.4 is 15.4 Å². The number of nitrogens with one attached hydrogen (secondary N) is 2. The van der Waals surface area contributed by atoms with E-state index < -0.39 is 6.61 Å². The standard InChI is InChI=1S/C20H25ClF2N4O.HI/c1-24-20(25-11-14-6-4-5-7-15(14)13-27(2)3)26-12-16-10-17(21)8-9-18(16)28-19(22)23;/h4-10,19H,11-13H2,1-3H3,(H2,24,25,26);1H. The summed E-state index contributed by atoms with van der Waals surface area (Å²) in [6, 6.07) is 12.7. The van der Waals surface area contributed by atoms with Crippen molar-refractivity contribution in [3.8, 4) is 5.75 Å². The fourth-order valence-electron chi connectivity index (χ4n) is 2.70. The highest BCUT2D eigenvalue weighted by Crippen LogP contribution is 2.24. The summed E-state index contributed by atoms with van der Waals surface area (Å²) in [6.45, 7) is -1.24. The molecule has 2 aromatic carbocycles. The molecule has 2 N–H and O–H groups in total. The van der Waals surface area contributed by atoms with Crippen LogP contribution in [0.4, 0.5) is 8.78 Å². The molecule has 0 aromatic heterocycles. The number of halogens is 4. The largest absolute Gasteiger partial charge is 0.434 e. The molecule has 0 unspecified atom stereocenters. The first-order chi connectivity index (χ1) is 13.4. The Morgan fingerprint density at radius 1 is 1.07 bits per heavy atom. The van der Waals surface area contributed by atoms with Gasteiger partial charge in [-0.25, -0.2) is 0 Å². The smallest absolute Gasteiger partial charge is 0.387 e. The molecule has 160 valence electrons. The molecule has 0 radical (unpaired) electrons. The van der Waals surface area contributed by atoms with Crippen molar-refractivity contribution in [2.24, 2.45) is 4.99 Å². The average Bonchev–Trinajstić information content (AvgIpc) is 2.64. The quantitative estimate of drug-likeness (QED) is 0.296. The maximum Gasteiger partial charge on any atom is 0.387 e. The van der Waals surface area contributed by atoms with Gasteiger partial charge in [0.15, 0.2) is 5.96 Å². The van der Waals surface area contributed by atoms with E-state index in [0.717, 1.165) is 12.1 Å². The zero-order valence-electron chi connectivity index (χ0n) is 16.6. The fourth-order valence-corrected chi connectivity index (χ4v) is 2.90. The summed E-state index contributed by atoms with van der Waals surface area (Å²) in [4.78, 5) is 6.29. The van der Waals surface area contributed by atoms with Gasteiger partial charge < -0.3 is 20.3 Å². The zero-order valence-corrected chi connectivity index (χ0v) is 19.7. The molecule has 0 fully saturated rings. The van der Waals surface area contributed by atoms with E-state index in [0.29, 0.717) is 23.1 Å². The molecular weight excluding hydrogens is 513 g/mol. The summed E-state index contributed by atoms with van der Waals surface area (Å²) >= 11 is 5.98. The van der Waals surface area contributed by atoms with Gasteiger partial charge in [-0.3, -0.25) is 4.99 Å². The lowest BCUT2D eigenvalue weighted by Gasteiger charge is -2.17. The Hall–Kier alpha value is -1.65. The molecule has 0 aliphatic heterocycles. The highest BCUT2D eigenvalue weighted by atomic mass is 127. The van der Waals surface area contributed by atoms with E-state index in [9.17, 15) is 8.78 Å². The second-order valence-electron chi connectivity index (χ2n) is 6.42. The summed E-state index contributed by atoms with van der Waals surface area (Å²) in [5, 5.41) is 6.79. The first kappa shape index (κ1) is 25.4. The van der Waals surface area contributed by atoms with Crippen LogP contribution in [-0.2, 0) is 19.6 Å². The van der Waals surface area contributed by atoms with Crippen LogP contribution in [-0.4, -0.2) is 38.6 Å². The Balaban J connectivity index is 0.00000420. The number of aliphatic imine (C=N–C) groups is 1. The average molecular weight is 539 g/mol. The van der Waals surface area contributed by atoms with Gasteiger partial charge in [-0.05, 0) is 43.4 Å². The Kier molecular flexibility index (Phi) is 11.2. The van der Waals surface area contributed by atoms with Crippen molar-refractivity contribution in [3.63, 3.8) is 0 Å². The van der Waals surface area contributed by atoms with E-state index in [2.05, 4.69) is 37.4 Å². The van der Waals surface area contributed by atoms with Crippen molar-refractivity contribution in [1.82, 2.24) is 15.5 Å². The number of alkyl halides is 2. The zero-order chi connectivity index (χ0) is 20.5. The lowest BCUT2D eigenvalue weighted by molar-refractivity contribution is -0.0504. The molecule has 0 amide bonds. The number of nitrogens with zero attached hydrogens (tertiary/aromatic N) is 2. The van der Waals surface area contributed by atoms with Crippen molar-refractivity contribution in [2.75, 3.05) is 21.1 Å². The lowest BCUT2D eigenvalue weighted by Crippen LogP contribution is -2.36. The number of hydrogen-bond donors (Lipinski definition) is 2. The minimum Gasteiger partial charge on any atom is -0.434 e. The number of guanidine groups is 1. The number of rotatable bonds is 8. The van der Waals surface area contributed by atoms with Crippen LogP contribution in [0.2, 0.25) is 5.02 Å². The van der Waals surface area contributed by atoms with Gasteiger partial charge in [0.05, 0.1) is 0 Å². The van der Waals surface area contributed by atoms with E-state index in [-0.39, 0.29) is 36.3 Å². The second-order valence-corrected chi connectivity index (χ2v) is 6.85. The van der Waals surface area contributed by atoms with Gasteiger partial charge in [-0.2, -0.15) is 8.78 Å². The van der Waals surface area contributed by atoms with Gasteiger partial charge in [0.1, 0.15) is 5.75 Å². The Morgan fingerprint density at radius 2 is 1.69 bits per heavy atom. The molecule has 2 aromatic rings. The van der Waals surface area contributed by atoms with E-state index in [1.54, 1.807) is 13.1 Å². The summed E-state index contributed by atoms with van der Waals surface area (Å²) in [5.41, 5.74) is 2.89. The molecule has 0 bridgehead atoms. The summed E-state index contributed by atoms with van der Waals surface area (Å²) < 4.78 is 29.7. The molecule has 0 aliphatic rings. The molecule has 0 heterocycles. The van der Waals surface area contributed by atoms with Gasteiger partial charge in [0.2, 0.25) is 0 Å². The van der Waals surface area contributed by atoms with E-state index in [1.807, 2.05) is 26.2 Å². The van der Waals surface area contributed by atoms with Crippen molar-refractivity contribution < 1.29 is 13.5 Å². The minimum absolute atomic E-state index is 0. The number of hydrogen-bond acceptors (Lipinski definition) is 3. The summed E-state index contributed by atoms with van der Waals surface area (Å²) in [5.74, 6) is 0.626. The predicted molar refractivity (Wildman–Crippen MR) is 124 cm³/mol. The van der Waals surface area contributed by atoms with Crippen molar-refractivity contribution in [1.29, 1.82) is 0 Å². The van der Waals surface area contributed by atoms with E-state index in [1.165, 1.54) is 17.7 Å². The predicted octanol–water partition coefficient (Wildman–Crippen LogP) is 4.49. The van der Waals surface area contributed by atoms with Crippen LogP contribution >= 0.6 is 35.6 Å². The molecule has 5 nitrogen and oxygen atoms in total. The van der Waals surface area contributed by atoms with E-state index >= 15 is 0 Å². The molecular formula is C20H26ClF2IN4O. The molecule has 0 spiro atoms. The molecule has 9 heteroatoms. The SMILES string of the molecule is CN=C(NCc1ccccc1CN(C)C)NCc1cc(Cl)ccc1OC(F)F.I. The maximum atomic E-state index is 12.6. The highest BCUT2D eigenvalue weighted by molar-refractivity contribution is 14.0. The first-order valence-electron chi connectivity index (χ1n) is 8.78. The van der Waals surface area contributed by atoms with Crippen molar-refractivity contribution in [3.05, 3.63) is 64.2 Å². The van der Waals surface area contributed by atoms with Crippen LogP contribution in [0.25, 0.3) is 0 Å². The number of ether oxygens (including phenoxy) is 1. The third-order valence-electron chi connectivity index (χ3n) is 3.96. The lowest BCUT2D eigenvalue weighted by atomic mass is 10.1. The molecule has 0 saturated carbocycles. The molecule has 29 heavy (non-hydrogen) atoms. The third kappa shape index (κ3) is 8.71. The molecule has 2 rings (SSSR count). The van der Waals surface area contributed by atoms with Crippen LogP contribution in [0.1, 0.15) is 16.7 Å². The van der Waals surface area contributed by atoms with Gasteiger partial charge in [0, 0.05) is 37.3 Å². The van der Waals surface area contributed by atoms with E-state index in [4.69, 9.17) is 11.6 Å². The maximum absolute atomic E-state index is 12.6. The Bertz CT molecular complexity index is 806. The molecule has 0 aliphatic carbocycles. The van der Waals surface area contributed by atoms with Crippen molar-refractivity contribution in [2.45, 2.75) is 26.2 Å². The molecule has 0 atom stereocenters. The van der Waals surface area contributed by atoms with Crippen molar-refractivity contribution >= 4 is 41.5 Å². The van der Waals surface area contributed by atoms with Gasteiger partial charge >= 0.3 is 6.61 Å². The normalized spacial score (nSPS) is 11.4.